The summed E-state index contributed by atoms with van der Waals surface area (Å²) in [5.74, 6) is 0.952. The first-order chi connectivity index (χ1) is 12.3. The van der Waals surface area contributed by atoms with Gasteiger partial charge in [0.1, 0.15) is 5.69 Å². The van der Waals surface area contributed by atoms with Crippen molar-refractivity contribution in [1.29, 1.82) is 0 Å². The van der Waals surface area contributed by atoms with Crippen LogP contribution in [0.15, 0.2) is 53.1 Å². The summed E-state index contributed by atoms with van der Waals surface area (Å²) >= 11 is 0. The molecule has 1 saturated heterocycles. The lowest BCUT2D eigenvalue weighted by Gasteiger charge is -2.22. The van der Waals surface area contributed by atoms with E-state index >= 15 is 0 Å². The summed E-state index contributed by atoms with van der Waals surface area (Å²) in [5, 5.41) is 3.90. The number of carbonyl (C=O) groups excluding carboxylic acids is 1. The van der Waals surface area contributed by atoms with Crippen LogP contribution in [0.2, 0.25) is 0 Å². The normalized spacial score (nSPS) is 17.5. The highest BCUT2D eigenvalue weighted by atomic mass is 16.5. The van der Waals surface area contributed by atoms with Gasteiger partial charge in [0.2, 0.25) is 0 Å². The molecule has 5 heteroatoms. The third-order valence-corrected chi connectivity index (χ3v) is 4.54. The monoisotopic (exact) mass is 336 g/mol. The van der Waals surface area contributed by atoms with E-state index in [9.17, 15) is 4.79 Å². The predicted molar refractivity (Wildman–Crippen MR) is 95.3 cm³/mol. The van der Waals surface area contributed by atoms with Gasteiger partial charge in [0.15, 0.2) is 5.76 Å². The van der Waals surface area contributed by atoms with Crippen LogP contribution in [0.25, 0.3) is 22.4 Å². The van der Waals surface area contributed by atoms with Crippen molar-refractivity contribution in [2.24, 2.45) is 5.92 Å². The van der Waals surface area contributed by atoms with Crippen molar-refractivity contribution in [3.05, 3.63) is 54.3 Å². The first-order valence-corrected chi connectivity index (χ1v) is 8.61. The molecule has 0 spiro atoms. The minimum Gasteiger partial charge on any atom is -0.463 e. The molecule has 0 radical (unpaired) electrons. The number of fused-ring (bicyclic) bond motifs is 1. The number of aromatic nitrogens is 1. The molecule has 1 aliphatic heterocycles. The molecule has 0 saturated carbocycles. The fraction of sp³-hybridized carbons (Fsp3) is 0.300. The molecule has 4 rings (SSSR count). The SMILES string of the molecule is O=C(NCC1CCCOC1)c1cc(-c2ccco2)nc2ccccc12. The van der Waals surface area contributed by atoms with Gasteiger partial charge in [0.25, 0.3) is 5.91 Å². The molecule has 1 aliphatic rings. The lowest BCUT2D eigenvalue weighted by molar-refractivity contribution is 0.0536. The zero-order valence-corrected chi connectivity index (χ0v) is 13.9. The number of amides is 1. The van der Waals surface area contributed by atoms with Crippen LogP contribution in [0.4, 0.5) is 0 Å². The summed E-state index contributed by atoms with van der Waals surface area (Å²) in [6.45, 7) is 2.17. The minimum atomic E-state index is -0.0861. The highest BCUT2D eigenvalue weighted by Gasteiger charge is 2.18. The summed E-state index contributed by atoms with van der Waals surface area (Å²) in [6.07, 6.45) is 3.76. The van der Waals surface area contributed by atoms with E-state index in [1.165, 1.54) is 0 Å². The number of ether oxygens (including phenoxy) is 1. The molecule has 0 aliphatic carbocycles. The zero-order chi connectivity index (χ0) is 17.1. The van der Waals surface area contributed by atoms with E-state index in [0.29, 0.717) is 29.5 Å². The van der Waals surface area contributed by atoms with Gasteiger partial charge in [-0.15, -0.1) is 0 Å². The van der Waals surface area contributed by atoms with Crippen molar-refractivity contribution in [2.45, 2.75) is 12.8 Å². The van der Waals surface area contributed by atoms with Crippen LogP contribution in [0.5, 0.6) is 0 Å². The van der Waals surface area contributed by atoms with Crippen molar-refractivity contribution in [1.82, 2.24) is 10.3 Å². The van der Waals surface area contributed by atoms with Crippen LogP contribution >= 0.6 is 0 Å². The number of hydrogen-bond acceptors (Lipinski definition) is 4. The van der Waals surface area contributed by atoms with E-state index in [1.807, 2.05) is 36.4 Å². The first-order valence-electron chi connectivity index (χ1n) is 8.61. The Labute approximate surface area is 146 Å². The summed E-state index contributed by atoms with van der Waals surface area (Å²) in [6, 6.07) is 13.1. The van der Waals surface area contributed by atoms with Gasteiger partial charge >= 0.3 is 0 Å². The van der Waals surface area contributed by atoms with Crippen molar-refractivity contribution in [3.63, 3.8) is 0 Å². The Morgan fingerprint density at radius 1 is 1.24 bits per heavy atom. The summed E-state index contributed by atoms with van der Waals surface area (Å²) in [5.41, 5.74) is 2.06. The summed E-state index contributed by atoms with van der Waals surface area (Å²) < 4.78 is 10.9. The molecule has 1 atom stereocenters. The summed E-state index contributed by atoms with van der Waals surface area (Å²) in [7, 11) is 0. The number of hydrogen-bond donors (Lipinski definition) is 1. The molecule has 1 unspecified atom stereocenters. The third kappa shape index (κ3) is 3.42. The van der Waals surface area contributed by atoms with Gasteiger partial charge in [-0.3, -0.25) is 4.79 Å². The third-order valence-electron chi connectivity index (χ3n) is 4.54. The van der Waals surface area contributed by atoms with E-state index in [-0.39, 0.29) is 5.91 Å². The molecule has 2 aromatic heterocycles. The number of furan rings is 1. The first kappa shape index (κ1) is 15.8. The Morgan fingerprint density at radius 3 is 2.96 bits per heavy atom. The zero-order valence-electron chi connectivity index (χ0n) is 13.9. The second kappa shape index (κ2) is 7.07. The van der Waals surface area contributed by atoms with Gasteiger partial charge in [-0.2, -0.15) is 0 Å². The maximum Gasteiger partial charge on any atom is 0.252 e. The Balaban J connectivity index is 1.63. The van der Waals surface area contributed by atoms with Crippen LogP contribution in [-0.4, -0.2) is 30.6 Å². The summed E-state index contributed by atoms with van der Waals surface area (Å²) in [4.78, 5) is 17.4. The molecule has 1 aromatic carbocycles. The van der Waals surface area contributed by atoms with E-state index in [1.54, 1.807) is 12.3 Å². The number of para-hydroxylation sites is 1. The van der Waals surface area contributed by atoms with Crippen LogP contribution in [0, 0.1) is 5.92 Å². The maximum atomic E-state index is 12.8. The van der Waals surface area contributed by atoms with Gasteiger partial charge in [0.05, 0.1) is 24.0 Å². The highest BCUT2D eigenvalue weighted by Crippen LogP contribution is 2.25. The number of benzene rings is 1. The van der Waals surface area contributed by atoms with E-state index < -0.39 is 0 Å². The Hall–Kier alpha value is -2.66. The van der Waals surface area contributed by atoms with E-state index in [2.05, 4.69) is 10.3 Å². The molecule has 1 fully saturated rings. The number of rotatable bonds is 4. The quantitative estimate of drug-likeness (QED) is 0.790. The van der Waals surface area contributed by atoms with Crippen molar-refractivity contribution < 1.29 is 13.9 Å². The van der Waals surface area contributed by atoms with Crippen molar-refractivity contribution in [3.8, 4) is 11.5 Å². The minimum absolute atomic E-state index is 0.0861. The van der Waals surface area contributed by atoms with E-state index in [0.717, 1.165) is 37.0 Å². The molecular formula is C20H20N2O3. The number of carbonyl (C=O) groups is 1. The number of nitrogens with zero attached hydrogens (tertiary/aromatic N) is 1. The predicted octanol–water partition coefficient (Wildman–Crippen LogP) is 3.65. The number of pyridine rings is 1. The van der Waals surface area contributed by atoms with Gasteiger partial charge in [-0.05, 0) is 43.0 Å². The molecule has 0 bridgehead atoms. The molecule has 3 aromatic rings. The van der Waals surface area contributed by atoms with E-state index in [4.69, 9.17) is 9.15 Å². The lowest BCUT2D eigenvalue weighted by Crippen LogP contribution is -2.33. The van der Waals surface area contributed by atoms with Gasteiger partial charge in [-0.25, -0.2) is 4.98 Å². The maximum absolute atomic E-state index is 12.8. The molecule has 25 heavy (non-hydrogen) atoms. The van der Waals surface area contributed by atoms with Crippen LogP contribution < -0.4 is 5.32 Å². The van der Waals surface area contributed by atoms with Gasteiger partial charge in [0, 0.05) is 18.5 Å². The van der Waals surface area contributed by atoms with Crippen LogP contribution in [-0.2, 0) is 4.74 Å². The van der Waals surface area contributed by atoms with Crippen LogP contribution in [0.1, 0.15) is 23.2 Å². The molecule has 3 heterocycles. The molecular weight excluding hydrogens is 316 g/mol. The largest absolute Gasteiger partial charge is 0.463 e. The van der Waals surface area contributed by atoms with Crippen molar-refractivity contribution >= 4 is 16.8 Å². The molecule has 5 nitrogen and oxygen atoms in total. The van der Waals surface area contributed by atoms with Crippen molar-refractivity contribution in [2.75, 3.05) is 19.8 Å². The Bertz CT molecular complexity index is 868. The average molecular weight is 336 g/mol. The Morgan fingerprint density at radius 2 is 2.16 bits per heavy atom. The smallest absolute Gasteiger partial charge is 0.252 e. The molecule has 128 valence electrons. The molecule has 1 N–H and O–H groups in total. The second-order valence-corrected chi connectivity index (χ2v) is 6.34. The fourth-order valence-electron chi connectivity index (χ4n) is 3.21. The Kier molecular flexibility index (Phi) is 4.48. The van der Waals surface area contributed by atoms with Gasteiger partial charge < -0.3 is 14.5 Å². The molecule has 1 amide bonds. The van der Waals surface area contributed by atoms with Crippen LogP contribution in [0.3, 0.4) is 0 Å². The highest BCUT2D eigenvalue weighted by molar-refractivity contribution is 6.07. The standard InChI is InChI=1S/C20H20N2O3/c23-20(21-12-14-5-3-9-24-13-14)16-11-18(19-8-4-10-25-19)22-17-7-2-1-6-15(16)17/h1-2,4,6-8,10-11,14H,3,5,9,12-13H2,(H,21,23). The fourth-order valence-corrected chi connectivity index (χ4v) is 3.21. The van der Waals surface area contributed by atoms with Gasteiger partial charge in [-0.1, -0.05) is 18.2 Å². The lowest BCUT2D eigenvalue weighted by atomic mass is 10.0. The average Bonchev–Trinajstić information content (AvgIpc) is 3.21. The number of nitrogens with one attached hydrogen (secondary N) is 1. The second-order valence-electron chi connectivity index (χ2n) is 6.34. The topological polar surface area (TPSA) is 64.4 Å².